The van der Waals surface area contributed by atoms with Crippen LogP contribution in [-0.2, 0) is 9.53 Å². The van der Waals surface area contributed by atoms with Crippen LogP contribution in [0.5, 0.6) is 5.75 Å². The average Bonchev–Trinajstić information content (AvgIpc) is 2.29. The topological polar surface area (TPSA) is 75.6 Å². The Balaban J connectivity index is 2.66. The van der Waals surface area contributed by atoms with Gasteiger partial charge in [-0.05, 0) is 30.7 Å². The van der Waals surface area contributed by atoms with Crippen molar-refractivity contribution < 1.29 is 19.4 Å². The fourth-order valence-electron chi connectivity index (χ4n) is 1.12. The highest BCUT2D eigenvalue weighted by molar-refractivity contribution is 5.96. The van der Waals surface area contributed by atoms with E-state index < -0.39 is 5.97 Å². The van der Waals surface area contributed by atoms with E-state index in [4.69, 9.17) is 0 Å². The monoisotopic (exact) mass is 223 g/mol. The van der Waals surface area contributed by atoms with Gasteiger partial charge in [-0.3, -0.25) is 9.59 Å². The van der Waals surface area contributed by atoms with Crippen LogP contribution in [0, 0.1) is 6.92 Å². The standard InChI is InChI=1S/C11H13NO4/c1-7-5-8(3-4-9(7)13)11(15)12-6-10(14)16-2/h3-5,13H,6H2,1-2H3,(H,12,15). The van der Waals surface area contributed by atoms with E-state index in [9.17, 15) is 14.7 Å². The van der Waals surface area contributed by atoms with Crippen LogP contribution in [0.25, 0.3) is 0 Å². The van der Waals surface area contributed by atoms with Crippen molar-refractivity contribution in [2.75, 3.05) is 13.7 Å². The number of rotatable bonds is 3. The second-order valence-electron chi connectivity index (χ2n) is 3.26. The molecule has 16 heavy (non-hydrogen) atoms. The van der Waals surface area contributed by atoms with E-state index in [1.54, 1.807) is 13.0 Å². The number of ether oxygens (including phenoxy) is 1. The lowest BCUT2D eigenvalue weighted by Crippen LogP contribution is -2.30. The van der Waals surface area contributed by atoms with Crippen LogP contribution in [0.2, 0.25) is 0 Å². The van der Waals surface area contributed by atoms with Crippen LogP contribution in [-0.4, -0.2) is 30.6 Å². The number of aromatic hydroxyl groups is 1. The zero-order chi connectivity index (χ0) is 12.1. The van der Waals surface area contributed by atoms with E-state index in [1.165, 1.54) is 19.2 Å². The third-order valence-electron chi connectivity index (χ3n) is 2.08. The van der Waals surface area contributed by atoms with Gasteiger partial charge in [-0.15, -0.1) is 0 Å². The summed E-state index contributed by atoms with van der Waals surface area (Å²) in [4.78, 5) is 22.3. The van der Waals surface area contributed by atoms with Crippen LogP contribution < -0.4 is 5.32 Å². The van der Waals surface area contributed by atoms with Crippen LogP contribution >= 0.6 is 0 Å². The summed E-state index contributed by atoms with van der Waals surface area (Å²) in [7, 11) is 1.25. The van der Waals surface area contributed by atoms with Gasteiger partial charge in [-0.1, -0.05) is 0 Å². The molecule has 0 aliphatic carbocycles. The number of carbonyl (C=O) groups is 2. The van der Waals surface area contributed by atoms with Crippen LogP contribution in [0.4, 0.5) is 0 Å². The molecule has 0 radical (unpaired) electrons. The van der Waals surface area contributed by atoms with Gasteiger partial charge in [0, 0.05) is 5.56 Å². The number of hydrogen-bond acceptors (Lipinski definition) is 4. The van der Waals surface area contributed by atoms with Crippen molar-refractivity contribution in [3.8, 4) is 5.75 Å². The maximum Gasteiger partial charge on any atom is 0.325 e. The minimum atomic E-state index is -0.510. The lowest BCUT2D eigenvalue weighted by molar-refractivity contribution is -0.139. The number of aryl methyl sites for hydroxylation is 1. The van der Waals surface area contributed by atoms with Gasteiger partial charge in [0.05, 0.1) is 7.11 Å². The first-order valence-electron chi connectivity index (χ1n) is 4.69. The van der Waals surface area contributed by atoms with Crippen molar-refractivity contribution in [2.24, 2.45) is 0 Å². The van der Waals surface area contributed by atoms with Crippen LogP contribution in [0.1, 0.15) is 15.9 Å². The molecule has 1 aromatic rings. The Morgan fingerprint density at radius 2 is 2.12 bits per heavy atom. The number of esters is 1. The largest absolute Gasteiger partial charge is 0.508 e. The van der Waals surface area contributed by atoms with Gasteiger partial charge >= 0.3 is 5.97 Å². The maximum absolute atomic E-state index is 11.5. The number of nitrogens with one attached hydrogen (secondary N) is 1. The lowest BCUT2D eigenvalue weighted by Gasteiger charge is -2.05. The van der Waals surface area contributed by atoms with Gasteiger partial charge in [0.1, 0.15) is 12.3 Å². The van der Waals surface area contributed by atoms with E-state index in [0.717, 1.165) is 0 Å². The molecule has 2 N–H and O–H groups in total. The Labute approximate surface area is 93.0 Å². The molecule has 0 saturated heterocycles. The van der Waals surface area contributed by atoms with Crippen molar-refractivity contribution >= 4 is 11.9 Å². The Bertz CT molecular complexity index is 414. The first-order valence-corrected chi connectivity index (χ1v) is 4.69. The number of methoxy groups -OCH3 is 1. The number of carbonyl (C=O) groups excluding carboxylic acids is 2. The van der Waals surface area contributed by atoms with Crippen molar-refractivity contribution in [1.29, 1.82) is 0 Å². The molecule has 0 bridgehead atoms. The molecule has 0 fully saturated rings. The van der Waals surface area contributed by atoms with Gasteiger partial charge in [-0.2, -0.15) is 0 Å². The summed E-state index contributed by atoms with van der Waals surface area (Å²) < 4.78 is 4.39. The summed E-state index contributed by atoms with van der Waals surface area (Å²) in [5, 5.41) is 11.7. The quantitative estimate of drug-likeness (QED) is 0.736. The molecule has 0 spiro atoms. The summed E-state index contributed by atoms with van der Waals surface area (Å²) in [5.74, 6) is -0.762. The average molecular weight is 223 g/mol. The number of phenols is 1. The molecule has 0 aromatic heterocycles. The van der Waals surface area contributed by atoms with Gasteiger partial charge in [0.15, 0.2) is 0 Å². The minimum absolute atomic E-state index is 0.129. The molecular formula is C11H13NO4. The number of phenolic OH excluding ortho intramolecular Hbond substituents is 1. The molecule has 0 aliphatic heterocycles. The van der Waals surface area contributed by atoms with Crippen molar-refractivity contribution in [2.45, 2.75) is 6.92 Å². The third kappa shape index (κ3) is 2.98. The van der Waals surface area contributed by atoms with E-state index in [2.05, 4.69) is 10.1 Å². The van der Waals surface area contributed by atoms with E-state index in [0.29, 0.717) is 11.1 Å². The maximum atomic E-state index is 11.5. The fraction of sp³-hybridized carbons (Fsp3) is 0.273. The molecule has 1 aromatic carbocycles. The molecule has 0 heterocycles. The van der Waals surface area contributed by atoms with Crippen molar-refractivity contribution in [3.63, 3.8) is 0 Å². The number of amides is 1. The zero-order valence-electron chi connectivity index (χ0n) is 9.11. The van der Waals surface area contributed by atoms with E-state index >= 15 is 0 Å². The molecule has 0 atom stereocenters. The normalized spacial score (nSPS) is 9.62. The molecule has 0 aliphatic rings. The molecule has 0 unspecified atom stereocenters. The second kappa shape index (κ2) is 5.16. The molecular weight excluding hydrogens is 210 g/mol. The van der Waals surface area contributed by atoms with Crippen LogP contribution in [0.15, 0.2) is 18.2 Å². The highest BCUT2D eigenvalue weighted by Gasteiger charge is 2.08. The summed E-state index contributed by atoms with van der Waals surface area (Å²) in [6.45, 7) is 1.52. The Morgan fingerprint density at radius 3 is 2.69 bits per heavy atom. The highest BCUT2D eigenvalue weighted by atomic mass is 16.5. The molecule has 1 rings (SSSR count). The first-order chi connectivity index (χ1) is 7.54. The Hall–Kier alpha value is -2.04. The van der Waals surface area contributed by atoms with Gasteiger partial charge in [-0.25, -0.2) is 0 Å². The Morgan fingerprint density at radius 1 is 1.44 bits per heavy atom. The van der Waals surface area contributed by atoms with Gasteiger partial charge < -0.3 is 15.2 Å². The molecule has 0 saturated carbocycles. The summed E-state index contributed by atoms with van der Waals surface area (Å²) in [5.41, 5.74) is 0.991. The minimum Gasteiger partial charge on any atom is -0.508 e. The first kappa shape index (κ1) is 12.0. The summed E-state index contributed by atoms with van der Waals surface area (Å²) in [6, 6.07) is 4.46. The van der Waals surface area contributed by atoms with Crippen molar-refractivity contribution in [3.05, 3.63) is 29.3 Å². The molecule has 86 valence electrons. The lowest BCUT2D eigenvalue weighted by atomic mass is 10.1. The van der Waals surface area contributed by atoms with Crippen molar-refractivity contribution in [1.82, 2.24) is 5.32 Å². The predicted octanol–water partition coefficient (Wildman–Crippen LogP) is 0.603. The molecule has 5 nitrogen and oxygen atoms in total. The highest BCUT2D eigenvalue weighted by Crippen LogP contribution is 2.16. The van der Waals surface area contributed by atoms with E-state index in [1.807, 2.05) is 0 Å². The summed E-state index contributed by atoms with van der Waals surface area (Å²) >= 11 is 0. The number of hydrogen-bond donors (Lipinski definition) is 2. The molecule has 5 heteroatoms. The second-order valence-corrected chi connectivity index (χ2v) is 3.26. The van der Waals surface area contributed by atoms with Gasteiger partial charge in [0.25, 0.3) is 5.91 Å². The Kier molecular flexibility index (Phi) is 3.88. The smallest absolute Gasteiger partial charge is 0.325 e. The fourth-order valence-corrected chi connectivity index (χ4v) is 1.12. The summed E-state index contributed by atoms with van der Waals surface area (Å²) in [6.07, 6.45) is 0. The predicted molar refractivity (Wildman–Crippen MR) is 57.2 cm³/mol. The SMILES string of the molecule is COC(=O)CNC(=O)c1ccc(O)c(C)c1. The molecule has 1 amide bonds. The number of benzene rings is 1. The van der Waals surface area contributed by atoms with Gasteiger partial charge in [0.2, 0.25) is 0 Å². The van der Waals surface area contributed by atoms with Crippen LogP contribution in [0.3, 0.4) is 0 Å². The zero-order valence-corrected chi connectivity index (χ0v) is 9.11. The third-order valence-corrected chi connectivity index (χ3v) is 2.08. The van der Waals surface area contributed by atoms with E-state index in [-0.39, 0.29) is 18.2 Å².